The molecule has 1 fully saturated rings. The molecule has 0 bridgehead atoms. The number of hydrogen-bond donors (Lipinski definition) is 1. The largest absolute Gasteiger partial charge is 0.322 e. The lowest BCUT2D eigenvalue weighted by atomic mass is 10.0. The van der Waals surface area contributed by atoms with E-state index in [1.54, 1.807) is 12.1 Å². The maximum Gasteiger partial charge on any atom is 0.296 e. The lowest BCUT2D eigenvalue weighted by Crippen LogP contribution is -2.52. The monoisotopic (exact) mass is 548 g/mol. The Labute approximate surface area is 216 Å². The molecule has 37 heavy (non-hydrogen) atoms. The van der Waals surface area contributed by atoms with E-state index in [9.17, 15) is 31.2 Å². The Morgan fingerprint density at radius 3 is 2.41 bits per heavy atom. The predicted molar refractivity (Wildman–Crippen MR) is 133 cm³/mol. The fraction of sp³-hybridized carbons (Fsp3) is 0.400. The second-order valence-electron chi connectivity index (χ2n) is 9.15. The van der Waals surface area contributed by atoms with Crippen molar-refractivity contribution in [2.45, 2.75) is 61.4 Å². The van der Waals surface area contributed by atoms with Crippen molar-refractivity contribution in [3.05, 3.63) is 59.2 Å². The fourth-order valence-electron chi connectivity index (χ4n) is 4.47. The predicted octanol–water partition coefficient (Wildman–Crippen LogP) is 2.11. The molecule has 2 heterocycles. The van der Waals surface area contributed by atoms with Gasteiger partial charge in [0.2, 0.25) is 11.8 Å². The van der Waals surface area contributed by atoms with E-state index >= 15 is 0 Å². The molecule has 3 amide bonds. The molecule has 2 aromatic carbocycles. The number of piperidine rings is 1. The summed E-state index contributed by atoms with van der Waals surface area (Å²) in [5, 5.41) is 2.23. The number of benzene rings is 2. The van der Waals surface area contributed by atoms with Crippen LogP contribution in [0.4, 0.5) is 0 Å². The number of fused-ring (bicyclic) bond motifs is 1. The molecule has 1 N–H and O–H groups in total. The third kappa shape index (κ3) is 5.91. The van der Waals surface area contributed by atoms with Gasteiger partial charge in [0.1, 0.15) is 6.04 Å². The number of nitrogens with zero attached hydrogens (tertiary/aromatic N) is 1. The van der Waals surface area contributed by atoms with Crippen LogP contribution in [-0.2, 0) is 40.3 Å². The first-order valence-corrected chi connectivity index (χ1v) is 15.0. The van der Waals surface area contributed by atoms with Crippen LogP contribution >= 0.6 is 0 Å². The molecule has 0 spiro atoms. The van der Waals surface area contributed by atoms with Gasteiger partial charge >= 0.3 is 0 Å². The fourth-order valence-corrected chi connectivity index (χ4v) is 7.05. The second kappa shape index (κ2) is 10.7. The standard InChI is InChI=1S/C25H28N2O8S2/c1-17-8-10-18(11-9-17)37(33,34)35-14-3-2-4-15-36(31,32)22-7-5-6-19-20(22)16-27(25(19)30)21-12-13-23(28)26-24(21)29/h5-11,21H,2-4,12-16H2,1H3,(H,26,28,29). The molecule has 0 aliphatic carbocycles. The summed E-state index contributed by atoms with van der Waals surface area (Å²) < 4.78 is 55.8. The van der Waals surface area contributed by atoms with Crippen LogP contribution in [0.5, 0.6) is 0 Å². The SMILES string of the molecule is Cc1ccc(S(=O)(=O)OCCCCCS(=O)(=O)c2cccc3c2CN(C2CCC(=O)NC2=O)C3=O)cc1. The highest BCUT2D eigenvalue weighted by Gasteiger charge is 2.41. The van der Waals surface area contributed by atoms with E-state index in [0.29, 0.717) is 18.4 Å². The third-order valence-electron chi connectivity index (χ3n) is 6.48. The van der Waals surface area contributed by atoms with E-state index in [-0.39, 0.29) is 53.5 Å². The summed E-state index contributed by atoms with van der Waals surface area (Å²) in [4.78, 5) is 38.1. The summed E-state index contributed by atoms with van der Waals surface area (Å²) in [5.74, 6) is -1.57. The number of amides is 3. The van der Waals surface area contributed by atoms with E-state index in [1.165, 1.54) is 35.2 Å². The summed E-state index contributed by atoms with van der Waals surface area (Å²) in [7, 11) is -7.61. The van der Waals surface area contributed by atoms with Crippen LogP contribution in [0.1, 0.15) is 53.6 Å². The minimum absolute atomic E-state index is 0.0272. The first-order valence-electron chi connectivity index (χ1n) is 11.9. The van der Waals surface area contributed by atoms with Gasteiger partial charge in [0.25, 0.3) is 16.0 Å². The average Bonchev–Trinajstić information content (AvgIpc) is 3.17. The topological polar surface area (TPSA) is 144 Å². The summed E-state index contributed by atoms with van der Waals surface area (Å²) in [6.45, 7) is 1.76. The van der Waals surface area contributed by atoms with Crippen molar-refractivity contribution in [3.63, 3.8) is 0 Å². The number of sulfone groups is 1. The maximum absolute atomic E-state index is 13.1. The summed E-state index contributed by atoms with van der Waals surface area (Å²) >= 11 is 0. The summed E-state index contributed by atoms with van der Waals surface area (Å²) in [5.41, 5.74) is 1.52. The number of rotatable bonds is 10. The van der Waals surface area contributed by atoms with Gasteiger partial charge in [0.15, 0.2) is 9.84 Å². The highest BCUT2D eigenvalue weighted by atomic mass is 32.2. The molecule has 10 nitrogen and oxygen atoms in total. The number of hydrogen-bond acceptors (Lipinski definition) is 8. The molecule has 198 valence electrons. The first kappa shape index (κ1) is 27.0. The third-order valence-corrected chi connectivity index (χ3v) is 9.68. The molecule has 0 radical (unpaired) electrons. The Balaban J connectivity index is 1.33. The quantitative estimate of drug-likeness (QED) is 0.270. The van der Waals surface area contributed by atoms with Gasteiger partial charge in [-0.2, -0.15) is 8.42 Å². The van der Waals surface area contributed by atoms with E-state index in [1.807, 2.05) is 6.92 Å². The zero-order valence-corrected chi connectivity index (χ0v) is 21.9. The normalized spacial score (nSPS) is 18.1. The van der Waals surface area contributed by atoms with Gasteiger partial charge in [-0.15, -0.1) is 0 Å². The van der Waals surface area contributed by atoms with Gasteiger partial charge in [0, 0.05) is 24.1 Å². The van der Waals surface area contributed by atoms with Crippen molar-refractivity contribution >= 4 is 37.7 Å². The molecule has 1 unspecified atom stereocenters. The molecule has 0 aromatic heterocycles. The van der Waals surface area contributed by atoms with Crippen LogP contribution in [-0.4, -0.2) is 57.9 Å². The molecule has 2 aliphatic rings. The van der Waals surface area contributed by atoms with Crippen LogP contribution in [0, 0.1) is 6.92 Å². The van der Waals surface area contributed by atoms with Gasteiger partial charge in [0.05, 0.1) is 22.2 Å². The Kier molecular flexibility index (Phi) is 7.81. The summed E-state index contributed by atoms with van der Waals surface area (Å²) in [6, 6.07) is 9.97. The number of aryl methyl sites for hydroxylation is 1. The average molecular weight is 549 g/mol. The number of imide groups is 1. The molecule has 0 saturated carbocycles. The molecule has 2 aliphatic heterocycles. The smallest absolute Gasteiger partial charge is 0.296 e. The van der Waals surface area contributed by atoms with Crippen LogP contribution in [0.2, 0.25) is 0 Å². The zero-order valence-electron chi connectivity index (χ0n) is 20.3. The van der Waals surface area contributed by atoms with Crippen LogP contribution in [0.15, 0.2) is 52.3 Å². The molecule has 12 heteroatoms. The van der Waals surface area contributed by atoms with Crippen molar-refractivity contribution in [2.24, 2.45) is 0 Å². The number of nitrogens with one attached hydrogen (secondary N) is 1. The highest BCUT2D eigenvalue weighted by molar-refractivity contribution is 7.91. The number of unbranched alkanes of at least 4 members (excludes halogenated alkanes) is 2. The van der Waals surface area contributed by atoms with Crippen molar-refractivity contribution in [3.8, 4) is 0 Å². The minimum atomic E-state index is -3.87. The Bertz CT molecular complexity index is 1430. The molecular weight excluding hydrogens is 520 g/mol. The molecule has 2 aromatic rings. The van der Waals surface area contributed by atoms with Crippen molar-refractivity contribution in [1.29, 1.82) is 0 Å². The van der Waals surface area contributed by atoms with Gasteiger partial charge in [-0.3, -0.25) is 23.9 Å². The van der Waals surface area contributed by atoms with Crippen LogP contribution < -0.4 is 5.32 Å². The zero-order chi connectivity index (χ0) is 26.8. The van der Waals surface area contributed by atoms with E-state index in [0.717, 1.165) is 5.56 Å². The maximum atomic E-state index is 13.1. The summed E-state index contributed by atoms with van der Waals surface area (Å²) in [6.07, 6.45) is 1.37. The highest BCUT2D eigenvalue weighted by Crippen LogP contribution is 2.32. The first-order chi connectivity index (χ1) is 17.5. The van der Waals surface area contributed by atoms with Gasteiger partial charge in [-0.1, -0.05) is 30.2 Å². The molecule has 1 saturated heterocycles. The van der Waals surface area contributed by atoms with E-state index in [4.69, 9.17) is 4.18 Å². The van der Waals surface area contributed by atoms with Crippen LogP contribution in [0.3, 0.4) is 0 Å². The molecule has 1 atom stereocenters. The Morgan fingerprint density at radius 1 is 0.973 bits per heavy atom. The second-order valence-corrected chi connectivity index (χ2v) is 12.8. The van der Waals surface area contributed by atoms with Crippen molar-refractivity contribution in [2.75, 3.05) is 12.4 Å². The molecule has 4 rings (SSSR count). The van der Waals surface area contributed by atoms with Gasteiger partial charge in [-0.05, 0) is 50.5 Å². The van der Waals surface area contributed by atoms with Gasteiger partial charge in [-0.25, -0.2) is 8.42 Å². The lowest BCUT2D eigenvalue weighted by Gasteiger charge is -2.29. The minimum Gasteiger partial charge on any atom is -0.322 e. The number of carbonyl (C=O) groups excluding carboxylic acids is 3. The Morgan fingerprint density at radius 2 is 1.70 bits per heavy atom. The molecular formula is C25H28N2O8S2. The van der Waals surface area contributed by atoms with Crippen LogP contribution in [0.25, 0.3) is 0 Å². The lowest BCUT2D eigenvalue weighted by molar-refractivity contribution is -0.136. The van der Waals surface area contributed by atoms with E-state index in [2.05, 4.69) is 5.32 Å². The van der Waals surface area contributed by atoms with Crippen molar-refractivity contribution < 1.29 is 35.4 Å². The number of carbonyl (C=O) groups is 3. The van der Waals surface area contributed by atoms with E-state index < -0.39 is 43.7 Å². The van der Waals surface area contributed by atoms with Gasteiger partial charge < -0.3 is 4.90 Å². The Hall–Kier alpha value is -3.09. The van der Waals surface area contributed by atoms with Crippen molar-refractivity contribution in [1.82, 2.24) is 10.2 Å².